The fraction of sp³-hybridized carbons (Fsp3) is 0.0667. The van der Waals surface area contributed by atoms with E-state index in [4.69, 9.17) is 10.00 Å². The molecule has 0 spiro atoms. The van der Waals surface area contributed by atoms with Gasteiger partial charge in [0, 0.05) is 5.56 Å². The van der Waals surface area contributed by atoms with Crippen LogP contribution in [0, 0.1) is 11.3 Å². The van der Waals surface area contributed by atoms with Crippen molar-refractivity contribution in [3.8, 4) is 17.6 Å². The van der Waals surface area contributed by atoms with Crippen LogP contribution in [0.1, 0.15) is 16.8 Å². The first kappa shape index (κ1) is 11.9. The zero-order chi connectivity index (χ0) is 12.8. The van der Waals surface area contributed by atoms with Crippen molar-refractivity contribution in [2.45, 2.75) is 6.42 Å². The number of hydrogen-bond acceptors (Lipinski definition) is 3. The number of carbonyl (C=O) groups is 1. The van der Waals surface area contributed by atoms with Gasteiger partial charge in [0.15, 0.2) is 5.78 Å². The molecule has 88 valence electrons. The van der Waals surface area contributed by atoms with Crippen LogP contribution >= 0.6 is 0 Å². The third kappa shape index (κ3) is 2.96. The van der Waals surface area contributed by atoms with Gasteiger partial charge in [0.05, 0.1) is 12.5 Å². The number of ketones is 1. The second kappa shape index (κ2) is 5.65. The molecule has 0 N–H and O–H groups in total. The summed E-state index contributed by atoms with van der Waals surface area (Å²) in [6.07, 6.45) is -0.116. The Morgan fingerprint density at radius 1 is 1.06 bits per heavy atom. The number of carbonyl (C=O) groups excluding carboxylic acids is 1. The molecule has 18 heavy (non-hydrogen) atoms. The number of rotatable bonds is 4. The topological polar surface area (TPSA) is 50.1 Å². The minimum atomic E-state index is -0.198. The van der Waals surface area contributed by atoms with Gasteiger partial charge in [0.25, 0.3) is 0 Å². The molecule has 2 aromatic carbocycles. The number of para-hydroxylation sites is 1. The number of ether oxygens (including phenoxy) is 1. The Bertz CT molecular complexity index is 585. The lowest BCUT2D eigenvalue weighted by molar-refractivity contribution is 0.0997. The van der Waals surface area contributed by atoms with Crippen molar-refractivity contribution in [3.63, 3.8) is 0 Å². The second-order valence-corrected chi connectivity index (χ2v) is 3.70. The van der Waals surface area contributed by atoms with Gasteiger partial charge in [-0.15, -0.1) is 0 Å². The van der Waals surface area contributed by atoms with Crippen molar-refractivity contribution >= 4 is 5.78 Å². The Morgan fingerprint density at radius 3 is 2.50 bits per heavy atom. The molecule has 0 aliphatic carbocycles. The first-order valence-corrected chi connectivity index (χ1v) is 5.53. The van der Waals surface area contributed by atoms with E-state index in [0.29, 0.717) is 17.1 Å². The van der Waals surface area contributed by atoms with Crippen molar-refractivity contribution in [3.05, 3.63) is 60.2 Å². The molecule has 2 rings (SSSR count). The van der Waals surface area contributed by atoms with Gasteiger partial charge in [-0.05, 0) is 24.3 Å². The van der Waals surface area contributed by atoms with E-state index in [-0.39, 0.29) is 12.2 Å². The maximum Gasteiger partial charge on any atom is 0.177 e. The van der Waals surface area contributed by atoms with Crippen molar-refractivity contribution in [2.24, 2.45) is 0 Å². The van der Waals surface area contributed by atoms with Crippen LogP contribution in [0.3, 0.4) is 0 Å². The summed E-state index contributed by atoms with van der Waals surface area (Å²) in [6.45, 7) is 0. The summed E-state index contributed by atoms with van der Waals surface area (Å²) < 4.78 is 5.61. The summed E-state index contributed by atoms with van der Waals surface area (Å²) in [4.78, 5) is 11.6. The van der Waals surface area contributed by atoms with Crippen LogP contribution in [0.25, 0.3) is 0 Å². The second-order valence-electron chi connectivity index (χ2n) is 3.70. The molecule has 0 unspecified atom stereocenters. The van der Waals surface area contributed by atoms with Crippen molar-refractivity contribution in [1.82, 2.24) is 0 Å². The van der Waals surface area contributed by atoms with Crippen molar-refractivity contribution in [2.75, 3.05) is 0 Å². The monoisotopic (exact) mass is 237 g/mol. The highest BCUT2D eigenvalue weighted by atomic mass is 16.5. The zero-order valence-corrected chi connectivity index (χ0v) is 9.67. The Hall–Kier alpha value is -2.60. The van der Waals surface area contributed by atoms with Gasteiger partial charge < -0.3 is 4.74 Å². The lowest BCUT2D eigenvalue weighted by Crippen LogP contribution is -1.97. The summed E-state index contributed by atoms with van der Waals surface area (Å²) in [5.41, 5.74) is 0.491. The molecule has 0 aromatic heterocycles. The molecule has 0 aliphatic heterocycles. The van der Waals surface area contributed by atoms with Gasteiger partial charge in [-0.3, -0.25) is 4.79 Å². The standard InChI is InChI=1S/C15H11NO2/c16-10-9-15(17)12-5-4-8-14(11-12)18-13-6-2-1-3-7-13/h1-8,11H,9H2. The lowest BCUT2D eigenvalue weighted by Gasteiger charge is -2.06. The average molecular weight is 237 g/mol. The highest BCUT2D eigenvalue weighted by molar-refractivity contribution is 5.97. The highest BCUT2D eigenvalue weighted by Gasteiger charge is 2.06. The molecule has 2 aromatic rings. The maximum absolute atomic E-state index is 11.6. The van der Waals surface area contributed by atoms with E-state index >= 15 is 0 Å². The first-order chi connectivity index (χ1) is 8.79. The fourth-order valence-corrected chi connectivity index (χ4v) is 1.53. The summed E-state index contributed by atoms with van der Waals surface area (Å²) in [6, 6.07) is 18.0. The highest BCUT2D eigenvalue weighted by Crippen LogP contribution is 2.22. The first-order valence-electron chi connectivity index (χ1n) is 5.53. The molecular formula is C15H11NO2. The summed E-state index contributed by atoms with van der Waals surface area (Å²) in [7, 11) is 0. The van der Waals surface area contributed by atoms with Gasteiger partial charge in [-0.25, -0.2) is 0 Å². The average Bonchev–Trinajstić information content (AvgIpc) is 2.40. The Morgan fingerprint density at radius 2 is 1.78 bits per heavy atom. The van der Waals surface area contributed by atoms with Crippen LogP contribution in [0.15, 0.2) is 54.6 Å². The number of Topliss-reactive ketones (excluding diaryl/α,β-unsaturated/α-hetero) is 1. The molecular weight excluding hydrogens is 226 g/mol. The number of nitrogens with zero attached hydrogens (tertiary/aromatic N) is 1. The van der Waals surface area contributed by atoms with Gasteiger partial charge in [0.1, 0.15) is 11.5 Å². The van der Waals surface area contributed by atoms with E-state index in [0.717, 1.165) is 0 Å². The van der Waals surface area contributed by atoms with Gasteiger partial charge in [-0.1, -0.05) is 30.3 Å². The maximum atomic E-state index is 11.6. The molecule has 0 bridgehead atoms. The fourth-order valence-electron chi connectivity index (χ4n) is 1.53. The van der Waals surface area contributed by atoms with Crippen LogP contribution in [0.4, 0.5) is 0 Å². The summed E-state index contributed by atoms with van der Waals surface area (Å²) in [5.74, 6) is 1.10. The Labute approximate surface area is 105 Å². The molecule has 0 saturated carbocycles. The molecule has 0 fully saturated rings. The number of benzene rings is 2. The van der Waals surface area contributed by atoms with Gasteiger partial charge in [-0.2, -0.15) is 5.26 Å². The predicted molar refractivity (Wildman–Crippen MR) is 67.5 cm³/mol. The van der Waals surface area contributed by atoms with Crippen LogP contribution in [-0.2, 0) is 0 Å². The number of hydrogen-bond donors (Lipinski definition) is 0. The summed E-state index contributed by atoms with van der Waals surface area (Å²) in [5, 5.41) is 8.50. The normalized spacial score (nSPS) is 9.50. The van der Waals surface area contributed by atoms with E-state index in [9.17, 15) is 4.79 Å². The van der Waals surface area contributed by atoms with Crippen LogP contribution < -0.4 is 4.74 Å². The minimum Gasteiger partial charge on any atom is -0.457 e. The molecule has 0 amide bonds. The van der Waals surface area contributed by atoms with E-state index in [1.54, 1.807) is 24.3 Å². The van der Waals surface area contributed by atoms with Crippen molar-refractivity contribution < 1.29 is 9.53 Å². The van der Waals surface area contributed by atoms with E-state index < -0.39 is 0 Å². The number of nitriles is 1. The van der Waals surface area contributed by atoms with E-state index in [1.807, 2.05) is 36.4 Å². The van der Waals surface area contributed by atoms with Crippen LogP contribution in [0.5, 0.6) is 11.5 Å². The molecule has 0 heterocycles. The van der Waals surface area contributed by atoms with Crippen LogP contribution in [-0.4, -0.2) is 5.78 Å². The molecule has 3 nitrogen and oxygen atoms in total. The third-order valence-corrected chi connectivity index (χ3v) is 2.37. The Balaban J connectivity index is 2.18. The van der Waals surface area contributed by atoms with Gasteiger partial charge >= 0.3 is 0 Å². The van der Waals surface area contributed by atoms with E-state index in [2.05, 4.69) is 0 Å². The van der Waals surface area contributed by atoms with Crippen LogP contribution in [0.2, 0.25) is 0 Å². The molecule has 3 heteroatoms. The third-order valence-electron chi connectivity index (χ3n) is 2.37. The largest absolute Gasteiger partial charge is 0.457 e. The SMILES string of the molecule is N#CCC(=O)c1cccc(Oc2ccccc2)c1. The smallest absolute Gasteiger partial charge is 0.177 e. The molecule has 0 saturated heterocycles. The lowest BCUT2D eigenvalue weighted by atomic mass is 10.1. The van der Waals surface area contributed by atoms with Gasteiger partial charge in [0.2, 0.25) is 0 Å². The molecule has 0 radical (unpaired) electrons. The quantitative estimate of drug-likeness (QED) is 0.764. The van der Waals surface area contributed by atoms with E-state index in [1.165, 1.54) is 0 Å². The predicted octanol–water partition coefficient (Wildman–Crippen LogP) is 3.58. The summed E-state index contributed by atoms with van der Waals surface area (Å²) >= 11 is 0. The molecule has 0 atom stereocenters. The minimum absolute atomic E-state index is 0.116. The molecule has 0 aliphatic rings. The zero-order valence-electron chi connectivity index (χ0n) is 9.67. The van der Waals surface area contributed by atoms with Crippen molar-refractivity contribution in [1.29, 1.82) is 5.26 Å². The Kier molecular flexibility index (Phi) is 3.72.